The van der Waals surface area contributed by atoms with Gasteiger partial charge in [0, 0.05) is 6.54 Å². The van der Waals surface area contributed by atoms with Gasteiger partial charge >= 0.3 is 0 Å². The van der Waals surface area contributed by atoms with E-state index in [1.807, 2.05) is 26.0 Å². The van der Waals surface area contributed by atoms with Gasteiger partial charge in [-0.3, -0.25) is 4.98 Å². The molecule has 94 valence electrons. The van der Waals surface area contributed by atoms with E-state index in [1.54, 1.807) is 12.4 Å². The first-order valence-corrected chi connectivity index (χ1v) is 6.00. The van der Waals surface area contributed by atoms with E-state index in [9.17, 15) is 0 Å². The van der Waals surface area contributed by atoms with Crippen LogP contribution in [0.3, 0.4) is 0 Å². The molecule has 0 atom stereocenters. The van der Waals surface area contributed by atoms with Crippen LogP contribution < -0.4 is 10.1 Å². The van der Waals surface area contributed by atoms with Gasteiger partial charge in [0.05, 0.1) is 12.4 Å². The van der Waals surface area contributed by atoms with Crippen LogP contribution in [0.5, 0.6) is 11.6 Å². The average Bonchev–Trinajstić information content (AvgIpc) is 2.34. The van der Waals surface area contributed by atoms with Gasteiger partial charge in [0.1, 0.15) is 11.6 Å². The SMILES string of the molecule is CCNc1cncc(Oc2ccc(C)cc2C)n1. The zero-order chi connectivity index (χ0) is 13.0. The average molecular weight is 243 g/mol. The van der Waals surface area contributed by atoms with Crippen molar-refractivity contribution in [3.63, 3.8) is 0 Å². The summed E-state index contributed by atoms with van der Waals surface area (Å²) in [7, 11) is 0. The van der Waals surface area contributed by atoms with E-state index >= 15 is 0 Å². The molecule has 0 aliphatic carbocycles. The molecule has 4 nitrogen and oxygen atoms in total. The molecule has 0 unspecified atom stereocenters. The van der Waals surface area contributed by atoms with Crippen LogP contribution in [-0.4, -0.2) is 16.5 Å². The van der Waals surface area contributed by atoms with Crippen molar-refractivity contribution in [2.45, 2.75) is 20.8 Å². The van der Waals surface area contributed by atoms with Gasteiger partial charge in [-0.1, -0.05) is 17.7 Å². The van der Waals surface area contributed by atoms with Gasteiger partial charge in [-0.05, 0) is 32.4 Å². The number of hydrogen-bond acceptors (Lipinski definition) is 4. The molecule has 1 aromatic heterocycles. The van der Waals surface area contributed by atoms with Crippen molar-refractivity contribution >= 4 is 5.82 Å². The summed E-state index contributed by atoms with van der Waals surface area (Å²) in [6.45, 7) is 6.90. The molecule has 0 aliphatic rings. The molecule has 0 saturated heterocycles. The van der Waals surface area contributed by atoms with E-state index in [2.05, 4.69) is 28.3 Å². The second-order valence-electron chi connectivity index (χ2n) is 4.14. The summed E-state index contributed by atoms with van der Waals surface area (Å²) in [6, 6.07) is 6.05. The molecule has 0 radical (unpaired) electrons. The normalized spacial score (nSPS) is 10.2. The highest BCUT2D eigenvalue weighted by atomic mass is 16.5. The molecule has 1 N–H and O–H groups in total. The second-order valence-corrected chi connectivity index (χ2v) is 4.14. The summed E-state index contributed by atoms with van der Waals surface area (Å²) >= 11 is 0. The molecule has 0 saturated carbocycles. The fourth-order valence-corrected chi connectivity index (χ4v) is 1.69. The van der Waals surface area contributed by atoms with Crippen molar-refractivity contribution in [1.82, 2.24) is 9.97 Å². The van der Waals surface area contributed by atoms with Crippen LogP contribution in [0, 0.1) is 13.8 Å². The Kier molecular flexibility index (Phi) is 3.77. The van der Waals surface area contributed by atoms with Crippen LogP contribution in [0.25, 0.3) is 0 Å². The Balaban J connectivity index is 2.20. The Morgan fingerprint density at radius 1 is 1.22 bits per heavy atom. The van der Waals surface area contributed by atoms with Crippen LogP contribution in [0.2, 0.25) is 0 Å². The summed E-state index contributed by atoms with van der Waals surface area (Å²) < 4.78 is 5.74. The lowest BCUT2D eigenvalue weighted by Crippen LogP contribution is -2.01. The molecule has 0 amide bonds. The van der Waals surface area contributed by atoms with E-state index in [1.165, 1.54) is 5.56 Å². The topological polar surface area (TPSA) is 47.0 Å². The minimum absolute atomic E-state index is 0.500. The molecule has 2 rings (SSSR count). The quantitative estimate of drug-likeness (QED) is 0.894. The van der Waals surface area contributed by atoms with Gasteiger partial charge in [0.25, 0.3) is 0 Å². The summed E-state index contributed by atoms with van der Waals surface area (Å²) in [4.78, 5) is 8.42. The summed E-state index contributed by atoms with van der Waals surface area (Å²) in [5, 5.41) is 3.10. The van der Waals surface area contributed by atoms with Gasteiger partial charge < -0.3 is 10.1 Å². The van der Waals surface area contributed by atoms with Crippen molar-refractivity contribution in [3.05, 3.63) is 41.7 Å². The number of anilines is 1. The van der Waals surface area contributed by atoms with Crippen LogP contribution in [0.4, 0.5) is 5.82 Å². The van der Waals surface area contributed by atoms with Crippen molar-refractivity contribution in [2.24, 2.45) is 0 Å². The Bertz CT molecular complexity index is 540. The van der Waals surface area contributed by atoms with Gasteiger partial charge in [0.2, 0.25) is 5.88 Å². The molecule has 0 fully saturated rings. The lowest BCUT2D eigenvalue weighted by Gasteiger charge is -2.09. The molecular weight excluding hydrogens is 226 g/mol. The van der Waals surface area contributed by atoms with E-state index in [-0.39, 0.29) is 0 Å². The highest BCUT2D eigenvalue weighted by Crippen LogP contribution is 2.24. The highest BCUT2D eigenvalue weighted by molar-refractivity contribution is 5.39. The minimum atomic E-state index is 0.500. The number of aryl methyl sites for hydroxylation is 2. The second kappa shape index (κ2) is 5.49. The third kappa shape index (κ3) is 2.97. The molecule has 0 bridgehead atoms. The van der Waals surface area contributed by atoms with E-state index in [0.717, 1.165) is 23.7 Å². The molecule has 2 aromatic rings. The van der Waals surface area contributed by atoms with E-state index in [4.69, 9.17) is 4.74 Å². The minimum Gasteiger partial charge on any atom is -0.437 e. The van der Waals surface area contributed by atoms with Gasteiger partial charge in [-0.25, -0.2) is 0 Å². The molecular formula is C14H17N3O. The molecule has 4 heteroatoms. The number of benzene rings is 1. The van der Waals surface area contributed by atoms with Gasteiger partial charge in [-0.15, -0.1) is 0 Å². The summed E-state index contributed by atoms with van der Waals surface area (Å²) in [6.07, 6.45) is 3.29. The van der Waals surface area contributed by atoms with Crippen LogP contribution in [0.1, 0.15) is 18.1 Å². The Morgan fingerprint density at radius 2 is 2.06 bits per heavy atom. The predicted octanol–water partition coefficient (Wildman–Crippen LogP) is 3.32. The number of rotatable bonds is 4. The van der Waals surface area contributed by atoms with Crippen LogP contribution >= 0.6 is 0 Å². The van der Waals surface area contributed by atoms with Crippen LogP contribution in [0.15, 0.2) is 30.6 Å². The first kappa shape index (κ1) is 12.4. The van der Waals surface area contributed by atoms with Gasteiger partial charge in [0.15, 0.2) is 0 Å². The Hall–Kier alpha value is -2.10. The maximum absolute atomic E-state index is 5.74. The molecule has 0 spiro atoms. The molecule has 1 heterocycles. The Morgan fingerprint density at radius 3 is 2.78 bits per heavy atom. The van der Waals surface area contributed by atoms with Crippen molar-refractivity contribution < 1.29 is 4.74 Å². The summed E-state index contributed by atoms with van der Waals surface area (Å²) in [5.41, 5.74) is 2.30. The number of nitrogens with zero attached hydrogens (tertiary/aromatic N) is 2. The third-order valence-electron chi connectivity index (χ3n) is 2.52. The van der Waals surface area contributed by atoms with Crippen LogP contribution in [-0.2, 0) is 0 Å². The number of ether oxygens (including phenoxy) is 1. The lowest BCUT2D eigenvalue weighted by molar-refractivity contribution is 0.457. The monoisotopic (exact) mass is 243 g/mol. The number of nitrogens with one attached hydrogen (secondary N) is 1. The largest absolute Gasteiger partial charge is 0.437 e. The van der Waals surface area contributed by atoms with E-state index < -0.39 is 0 Å². The Labute approximate surface area is 107 Å². The number of hydrogen-bond donors (Lipinski definition) is 1. The standard InChI is InChI=1S/C14H17N3O/c1-4-16-13-8-15-9-14(17-13)18-12-6-5-10(2)7-11(12)3/h5-9H,4H2,1-3H3,(H,16,17). The highest BCUT2D eigenvalue weighted by Gasteiger charge is 2.04. The fraction of sp³-hybridized carbons (Fsp3) is 0.286. The first-order chi connectivity index (χ1) is 8.69. The lowest BCUT2D eigenvalue weighted by atomic mass is 10.1. The van der Waals surface area contributed by atoms with Gasteiger partial charge in [-0.2, -0.15) is 4.98 Å². The molecule has 18 heavy (non-hydrogen) atoms. The molecule has 1 aromatic carbocycles. The van der Waals surface area contributed by atoms with Crippen molar-refractivity contribution in [2.75, 3.05) is 11.9 Å². The fourth-order valence-electron chi connectivity index (χ4n) is 1.69. The predicted molar refractivity (Wildman–Crippen MR) is 72.2 cm³/mol. The van der Waals surface area contributed by atoms with E-state index in [0.29, 0.717) is 5.88 Å². The van der Waals surface area contributed by atoms with Crippen molar-refractivity contribution in [1.29, 1.82) is 0 Å². The number of aromatic nitrogens is 2. The zero-order valence-corrected chi connectivity index (χ0v) is 10.9. The zero-order valence-electron chi connectivity index (χ0n) is 10.9. The third-order valence-corrected chi connectivity index (χ3v) is 2.52. The molecule has 0 aliphatic heterocycles. The maximum Gasteiger partial charge on any atom is 0.239 e. The summed E-state index contributed by atoms with van der Waals surface area (Å²) in [5.74, 6) is 2.03. The maximum atomic E-state index is 5.74. The van der Waals surface area contributed by atoms with Crippen molar-refractivity contribution in [3.8, 4) is 11.6 Å². The smallest absolute Gasteiger partial charge is 0.239 e. The first-order valence-electron chi connectivity index (χ1n) is 6.00.